The highest BCUT2D eigenvalue weighted by Crippen LogP contribution is 2.20. The molecule has 2 heterocycles. The van der Waals surface area contributed by atoms with E-state index in [9.17, 15) is 0 Å². The molecule has 0 unspecified atom stereocenters. The van der Waals surface area contributed by atoms with Crippen molar-refractivity contribution in [3.8, 4) is 5.88 Å². The summed E-state index contributed by atoms with van der Waals surface area (Å²) >= 11 is 2.28. The van der Waals surface area contributed by atoms with Gasteiger partial charge in [0.2, 0.25) is 5.88 Å². The minimum atomic E-state index is 0.613. The van der Waals surface area contributed by atoms with Gasteiger partial charge in [0.15, 0.2) is 0 Å². The molecule has 0 radical (unpaired) electrons. The smallest absolute Gasteiger partial charge is 0.212 e. The Morgan fingerprint density at radius 1 is 1.30 bits per heavy atom. The summed E-state index contributed by atoms with van der Waals surface area (Å²) in [4.78, 5) is 13.4. The molecule has 2 rings (SSSR count). The highest BCUT2D eigenvalue weighted by Gasteiger charge is 2.10. The van der Waals surface area contributed by atoms with Gasteiger partial charge in [-0.2, -0.15) is 0 Å². The third-order valence-electron chi connectivity index (χ3n) is 2.91. The third kappa shape index (κ3) is 3.36. The van der Waals surface area contributed by atoms with Crippen molar-refractivity contribution in [3.63, 3.8) is 0 Å². The van der Waals surface area contributed by atoms with Crippen LogP contribution in [-0.2, 0) is 12.8 Å². The normalized spacial score (nSPS) is 10.4. The maximum absolute atomic E-state index is 5.05. The molecule has 0 saturated heterocycles. The fraction of sp³-hybridized carbons (Fsp3) is 0.357. The molecule has 0 amide bonds. The molecular formula is C14H17IN4O. The molecule has 5 nitrogen and oxygen atoms in total. The second kappa shape index (κ2) is 6.83. The summed E-state index contributed by atoms with van der Waals surface area (Å²) in [6, 6.07) is 3.83. The van der Waals surface area contributed by atoms with E-state index >= 15 is 0 Å². The van der Waals surface area contributed by atoms with Gasteiger partial charge in [0.1, 0.15) is 11.6 Å². The number of rotatable bonds is 5. The largest absolute Gasteiger partial charge is 0.481 e. The van der Waals surface area contributed by atoms with Crippen LogP contribution in [0.2, 0.25) is 0 Å². The number of halogens is 1. The number of nitrogens with one attached hydrogen (secondary N) is 1. The number of aromatic nitrogens is 3. The molecule has 0 atom stereocenters. The van der Waals surface area contributed by atoms with Crippen LogP contribution in [0, 0.1) is 3.57 Å². The lowest BCUT2D eigenvalue weighted by Gasteiger charge is -2.10. The summed E-state index contributed by atoms with van der Waals surface area (Å²) in [5, 5.41) is 3.12. The number of hydrogen-bond acceptors (Lipinski definition) is 5. The SMILES string of the molecule is CCc1nc(Cc2ccc(OC)nc2)nc(NC)c1I. The summed E-state index contributed by atoms with van der Waals surface area (Å²) in [7, 11) is 3.49. The minimum absolute atomic E-state index is 0.613. The zero-order valence-electron chi connectivity index (χ0n) is 11.8. The van der Waals surface area contributed by atoms with Crippen molar-refractivity contribution in [1.29, 1.82) is 0 Å². The molecule has 0 aromatic carbocycles. The van der Waals surface area contributed by atoms with Gasteiger partial charge in [-0.25, -0.2) is 15.0 Å². The van der Waals surface area contributed by atoms with E-state index in [2.05, 4.69) is 49.8 Å². The Hall–Kier alpha value is -1.44. The standard InChI is InChI=1S/C14H17IN4O/c1-4-10-13(15)14(16-2)19-11(18-10)7-9-5-6-12(20-3)17-8-9/h5-6,8H,4,7H2,1-3H3,(H,16,18,19). The van der Waals surface area contributed by atoms with E-state index in [1.54, 1.807) is 13.3 Å². The zero-order chi connectivity index (χ0) is 14.5. The van der Waals surface area contributed by atoms with Crippen LogP contribution in [0.15, 0.2) is 18.3 Å². The van der Waals surface area contributed by atoms with E-state index in [0.717, 1.165) is 32.9 Å². The number of aryl methyl sites for hydroxylation is 1. The summed E-state index contributed by atoms with van der Waals surface area (Å²) in [5.41, 5.74) is 2.14. The van der Waals surface area contributed by atoms with Gasteiger partial charge in [0.25, 0.3) is 0 Å². The Bertz CT molecular complexity index is 561. The molecule has 2 aromatic heterocycles. The molecule has 0 aliphatic carbocycles. The lowest BCUT2D eigenvalue weighted by Crippen LogP contribution is -2.07. The fourth-order valence-electron chi connectivity index (χ4n) is 1.84. The van der Waals surface area contributed by atoms with Crippen LogP contribution in [0.5, 0.6) is 5.88 Å². The predicted molar refractivity (Wildman–Crippen MR) is 87.3 cm³/mol. The minimum Gasteiger partial charge on any atom is -0.481 e. The number of methoxy groups -OCH3 is 1. The molecule has 106 valence electrons. The van der Waals surface area contributed by atoms with Gasteiger partial charge in [-0.15, -0.1) is 0 Å². The lowest BCUT2D eigenvalue weighted by atomic mass is 10.2. The molecule has 20 heavy (non-hydrogen) atoms. The van der Waals surface area contributed by atoms with Crippen molar-refractivity contribution < 1.29 is 4.74 Å². The fourth-order valence-corrected chi connectivity index (χ4v) is 2.73. The first-order valence-corrected chi connectivity index (χ1v) is 7.47. The second-order valence-electron chi connectivity index (χ2n) is 4.24. The molecule has 1 N–H and O–H groups in total. The number of pyridine rings is 1. The van der Waals surface area contributed by atoms with E-state index in [4.69, 9.17) is 4.74 Å². The van der Waals surface area contributed by atoms with Crippen LogP contribution in [0.3, 0.4) is 0 Å². The summed E-state index contributed by atoms with van der Waals surface area (Å²) in [6.45, 7) is 2.10. The van der Waals surface area contributed by atoms with Crippen molar-refractivity contribution >= 4 is 28.4 Å². The van der Waals surface area contributed by atoms with Gasteiger partial charge in [-0.3, -0.25) is 0 Å². The molecular weight excluding hydrogens is 367 g/mol. The van der Waals surface area contributed by atoms with Crippen molar-refractivity contribution in [2.75, 3.05) is 19.5 Å². The molecule has 0 fully saturated rings. The number of hydrogen-bond donors (Lipinski definition) is 1. The third-order valence-corrected chi connectivity index (χ3v) is 4.04. The molecule has 0 spiro atoms. The first-order valence-electron chi connectivity index (χ1n) is 6.39. The Labute approximate surface area is 132 Å². The van der Waals surface area contributed by atoms with Crippen molar-refractivity contribution in [1.82, 2.24) is 15.0 Å². The van der Waals surface area contributed by atoms with Gasteiger partial charge >= 0.3 is 0 Å². The van der Waals surface area contributed by atoms with Crippen LogP contribution in [-0.4, -0.2) is 29.1 Å². The van der Waals surface area contributed by atoms with Crippen molar-refractivity contribution in [2.45, 2.75) is 19.8 Å². The van der Waals surface area contributed by atoms with Gasteiger partial charge < -0.3 is 10.1 Å². The molecule has 6 heteroatoms. The molecule has 0 aliphatic heterocycles. The number of anilines is 1. The molecule has 0 saturated carbocycles. The number of ether oxygens (including phenoxy) is 1. The quantitative estimate of drug-likeness (QED) is 0.804. The van der Waals surface area contributed by atoms with E-state index < -0.39 is 0 Å². The van der Waals surface area contributed by atoms with Crippen LogP contribution in [0.4, 0.5) is 5.82 Å². The van der Waals surface area contributed by atoms with E-state index in [0.29, 0.717) is 12.3 Å². The van der Waals surface area contributed by atoms with Crippen molar-refractivity contribution in [2.24, 2.45) is 0 Å². The molecule has 0 aliphatic rings. The Balaban J connectivity index is 2.27. The van der Waals surface area contributed by atoms with Crippen LogP contribution in [0.25, 0.3) is 0 Å². The second-order valence-corrected chi connectivity index (χ2v) is 5.32. The van der Waals surface area contributed by atoms with E-state index in [1.807, 2.05) is 19.2 Å². The molecule has 0 bridgehead atoms. The maximum atomic E-state index is 5.05. The predicted octanol–water partition coefficient (Wildman–Crippen LogP) is 2.68. The highest BCUT2D eigenvalue weighted by atomic mass is 127. The van der Waals surface area contributed by atoms with Gasteiger partial charge in [-0.05, 0) is 34.6 Å². The number of nitrogens with zero attached hydrogens (tertiary/aromatic N) is 3. The van der Waals surface area contributed by atoms with Gasteiger partial charge in [0.05, 0.1) is 16.4 Å². The van der Waals surface area contributed by atoms with Gasteiger partial charge in [-0.1, -0.05) is 13.0 Å². The Morgan fingerprint density at radius 2 is 2.10 bits per heavy atom. The first-order chi connectivity index (χ1) is 9.67. The summed E-state index contributed by atoms with van der Waals surface area (Å²) < 4.78 is 6.14. The van der Waals surface area contributed by atoms with Crippen molar-refractivity contribution in [3.05, 3.63) is 39.0 Å². The summed E-state index contributed by atoms with van der Waals surface area (Å²) in [5.74, 6) is 2.30. The molecule has 2 aromatic rings. The maximum Gasteiger partial charge on any atom is 0.212 e. The summed E-state index contributed by atoms with van der Waals surface area (Å²) in [6.07, 6.45) is 3.35. The Kier molecular flexibility index (Phi) is 5.11. The average Bonchev–Trinajstić information content (AvgIpc) is 2.49. The Morgan fingerprint density at radius 3 is 2.65 bits per heavy atom. The highest BCUT2D eigenvalue weighted by molar-refractivity contribution is 14.1. The van der Waals surface area contributed by atoms with E-state index in [1.165, 1.54) is 0 Å². The zero-order valence-corrected chi connectivity index (χ0v) is 13.9. The lowest BCUT2D eigenvalue weighted by molar-refractivity contribution is 0.397. The monoisotopic (exact) mass is 384 g/mol. The van der Waals surface area contributed by atoms with Crippen LogP contribution >= 0.6 is 22.6 Å². The van der Waals surface area contributed by atoms with Crippen LogP contribution < -0.4 is 10.1 Å². The van der Waals surface area contributed by atoms with Gasteiger partial charge in [0, 0.05) is 25.7 Å². The average molecular weight is 384 g/mol. The first kappa shape index (κ1) is 15.0. The van der Waals surface area contributed by atoms with E-state index in [-0.39, 0.29) is 0 Å². The topological polar surface area (TPSA) is 59.9 Å². The van der Waals surface area contributed by atoms with Crippen LogP contribution in [0.1, 0.15) is 24.0 Å².